The Morgan fingerprint density at radius 2 is 2.16 bits per heavy atom. The molecule has 0 atom stereocenters. The molecule has 1 amide bonds. The predicted molar refractivity (Wildman–Crippen MR) is 80.6 cm³/mol. The fraction of sp³-hybridized carbons (Fsp3) is 0.429. The highest BCUT2D eigenvalue weighted by atomic mass is 32.1. The highest BCUT2D eigenvalue weighted by Crippen LogP contribution is 2.32. The van der Waals surface area contributed by atoms with Crippen LogP contribution in [0.1, 0.15) is 32.2 Å². The summed E-state index contributed by atoms with van der Waals surface area (Å²) in [6.07, 6.45) is 0.341. The van der Waals surface area contributed by atoms with E-state index in [2.05, 4.69) is 31.1 Å². The highest BCUT2D eigenvalue weighted by Gasteiger charge is 2.18. The smallest absolute Gasteiger partial charge is 0.225 e. The molecule has 0 fully saturated rings. The van der Waals surface area contributed by atoms with Gasteiger partial charge in [-0.25, -0.2) is 4.98 Å². The van der Waals surface area contributed by atoms with Crippen molar-refractivity contribution in [2.45, 2.75) is 32.6 Å². The molecule has 0 bridgehead atoms. The van der Waals surface area contributed by atoms with Crippen LogP contribution in [0, 0.1) is 0 Å². The Balaban J connectivity index is 2.28. The van der Waals surface area contributed by atoms with Gasteiger partial charge in [-0.3, -0.25) is 4.79 Å². The Bertz CT molecular complexity index is 598. The number of rotatable bonds is 3. The van der Waals surface area contributed by atoms with Crippen molar-refractivity contribution in [2.75, 3.05) is 11.9 Å². The molecular formula is C14H19N3OS. The number of nitrogens with two attached hydrogens (primary N) is 1. The van der Waals surface area contributed by atoms with Crippen LogP contribution >= 0.6 is 11.3 Å². The lowest BCUT2D eigenvalue weighted by Gasteiger charge is -2.13. The Labute approximate surface area is 117 Å². The third kappa shape index (κ3) is 3.30. The van der Waals surface area contributed by atoms with Crippen molar-refractivity contribution in [3.05, 3.63) is 23.2 Å². The molecule has 0 radical (unpaired) electrons. The Hall–Kier alpha value is -1.46. The van der Waals surface area contributed by atoms with Crippen molar-refractivity contribution in [1.82, 2.24) is 4.98 Å². The molecule has 19 heavy (non-hydrogen) atoms. The maximum Gasteiger partial charge on any atom is 0.225 e. The van der Waals surface area contributed by atoms with Crippen molar-refractivity contribution < 1.29 is 4.79 Å². The molecule has 0 aliphatic rings. The van der Waals surface area contributed by atoms with Crippen molar-refractivity contribution in [3.8, 4) is 0 Å². The third-order valence-corrected chi connectivity index (χ3v) is 4.13. The molecule has 0 spiro atoms. The number of thiazole rings is 1. The Kier molecular flexibility index (Phi) is 3.87. The average molecular weight is 277 g/mol. The van der Waals surface area contributed by atoms with Crippen molar-refractivity contribution >= 4 is 33.1 Å². The Morgan fingerprint density at radius 1 is 1.42 bits per heavy atom. The first kappa shape index (κ1) is 14.0. The first-order chi connectivity index (χ1) is 8.90. The van der Waals surface area contributed by atoms with Crippen LogP contribution in [0.25, 0.3) is 10.2 Å². The zero-order valence-electron chi connectivity index (χ0n) is 11.5. The molecule has 0 saturated carbocycles. The molecule has 2 rings (SSSR count). The average Bonchev–Trinajstić information content (AvgIpc) is 2.71. The van der Waals surface area contributed by atoms with E-state index in [1.165, 1.54) is 0 Å². The molecule has 0 saturated heterocycles. The topological polar surface area (TPSA) is 68.0 Å². The lowest BCUT2D eigenvalue weighted by Crippen LogP contribution is -2.15. The van der Waals surface area contributed by atoms with Crippen LogP contribution in [-0.2, 0) is 10.2 Å². The van der Waals surface area contributed by atoms with E-state index < -0.39 is 0 Å². The van der Waals surface area contributed by atoms with Crippen LogP contribution in [0.15, 0.2) is 18.2 Å². The lowest BCUT2D eigenvalue weighted by atomic mass is 9.98. The molecule has 0 aliphatic heterocycles. The van der Waals surface area contributed by atoms with E-state index in [4.69, 9.17) is 5.73 Å². The van der Waals surface area contributed by atoms with Crippen molar-refractivity contribution in [3.63, 3.8) is 0 Å². The van der Waals surface area contributed by atoms with Gasteiger partial charge in [0.2, 0.25) is 5.91 Å². The van der Waals surface area contributed by atoms with Gasteiger partial charge in [0.05, 0.1) is 15.2 Å². The molecular weight excluding hydrogens is 258 g/mol. The summed E-state index contributed by atoms with van der Waals surface area (Å²) >= 11 is 1.67. The van der Waals surface area contributed by atoms with E-state index >= 15 is 0 Å². The van der Waals surface area contributed by atoms with Gasteiger partial charge in [-0.1, -0.05) is 20.8 Å². The zero-order chi connectivity index (χ0) is 14.0. The zero-order valence-corrected chi connectivity index (χ0v) is 12.3. The fourth-order valence-electron chi connectivity index (χ4n) is 1.68. The van der Waals surface area contributed by atoms with Crippen LogP contribution in [0.3, 0.4) is 0 Å². The van der Waals surface area contributed by atoms with E-state index in [1.54, 1.807) is 11.3 Å². The van der Waals surface area contributed by atoms with Gasteiger partial charge in [0.25, 0.3) is 0 Å². The van der Waals surface area contributed by atoms with E-state index in [0.717, 1.165) is 20.9 Å². The van der Waals surface area contributed by atoms with Crippen molar-refractivity contribution in [1.29, 1.82) is 0 Å². The van der Waals surface area contributed by atoms with Gasteiger partial charge in [0, 0.05) is 24.1 Å². The number of fused-ring (bicyclic) bond motifs is 1. The number of anilines is 1. The number of nitrogens with one attached hydrogen (secondary N) is 1. The maximum atomic E-state index is 11.5. The number of amides is 1. The summed E-state index contributed by atoms with van der Waals surface area (Å²) in [6, 6.07) is 5.79. The van der Waals surface area contributed by atoms with Gasteiger partial charge in [0.1, 0.15) is 0 Å². The van der Waals surface area contributed by atoms with Crippen LogP contribution in [0.5, 0.6) is 0 Å². The summed E-state index contributed by atoms with van der Waals surface area (Å²) in [5, 5.41) is 3.95. The Morgan fingerprint density at radius 3 is 2.79 bits per heavy atom. The summed E-state index contributed by atoms with van der Waals surface area (Å²) in [5.74, 6) is -0.0533. The summed E-state index contributed by atoms with van der Waals surface area (Å²) in [5.41, 5.74) is 7.18. The first-order valence-electron chi connectivity index (χ1n) is 6.31. The minimum Gasteiger partial charge on any atom is -0.330 e. The van der Waals surface area contributed by atoms with Gasteiger partial charge in [-0.2, -0.15) is 0 Å². The highest BCUT2D eigenvalue weighted by molar-refractivity contribution is 7.18. The second-order valence-electron chi connectivity index (χ2n) is 5.54. The predicted octanol–water partition coefficient (Wildman–Crippen LogP) is 2.88. The summed E-state index contributed by atoms with van der Waals surface area (Å²) in [6.45, 7) is 6.81. The maximum absolute atomic E-state index is 11.5. The molecule has 0 aliphatic carbocycles. The molecule has 5 heteroatoms. The third-order valence-electron chi connectivity index (χ3n) is 2.69. The van der Waals surface area contributed by atoms with E-state index in [-0.39, 0.29) is 11.3 Å². The largest absolute Gasteiger partial charge is 0.330 e. The molecule has 1 aromatic heterocycles. The van der Waals surface area contributed by atoms with Gasteiger partial charge < -0.3 is 11.1 Å². The first-order valence-corrected chi connectivity index (χ1v) is 7.13. The van der Waals surface area contributed by atoms with Gasteiger partial charge in [-0.15, -0.1) is 11.3 Å². The molecule has 2 aromatic rings. The second-order valence-corrected chi connectivity index (χ2v) is 6.57. The number of carbonyl (C=O) groups excluding carboxylic acids is 1. The summed E-state index contributed by atoms with van der Waals surface area (Å²) in [7, 11) is 0. The van der Waals surface area contributed by atoms with Crippen LogP contribution in [0.2, 0.25) is 0 Å². The monoisotopic (exact) mass is 277 g/mol. The molecule has 3 N–H and O–H groups in total. The van der Waals surface area contributed by atoms with Gasteiger partial charge >= 0.3 is 0 Å². The summed E-state index contributed by atoms with van der Waals surface area (Å²) in [4.78, 5) is 16.1. The van der Waals surface area contributed by atoms with E-state index in [1.807, 2.05) is 18.2 Å². The fourth-order valence-corrected chi connectivity index (χ4v) is 2.74. The SMILES string of the molecule is CC(C)(C)c1nc2ccc(NC(=O)CCN)cc2s1. The minimum absolute atomic E-state index is 0.0483. The number of hydrogen-bond donors (Lipinski definition) is 2. The molecule has 4 nitrogen and oxygen atoms in total. The number of nitrogens with zero attached hydrogens (tertiary/aromatic N) is 1. The quantitative estimate of drug-likeness (QED) is 0.906. The second kappa shape index (κ2) is 5.27. The molecule has 102 valence electrons. The lowest BCUT2D eigenvalue weighted by molar-refractivity contribution is -0.116. The minimum atomic E-state index is -0.0533. The molecule has 0 unspecified atom stereocenters. The number of aromatic nitrogens is 1. The van der Waals surface area contributed by atoms with E-state index in [0.29, 0.717) is 13.0 Å². The number of carbonyl (C=O) groups is 1. The van der Waals surface area contributed by atoms with E-state index in [9.17, 15) is 4.79 Å². The normalized spacial score (nSPS) is 11.8. The molecule has 1 heterocycles. The standard InChI is InChI=1S/C14H19N3OS/c1-14(2,3)13-17-10-5-4-9(8-11(10)19-13)16-12(18)6-7-15/h4-5,8H,6-7,15H2,1-3H3,(H,16,18). The van der Waals surface area contributed by atoms with Crippen LogP contribution in [-0.4, -0.2) is 17.4 Å². The number of hydrogen-bond acceptors (Lipinski definition) is 4. The van der Waals surface area contributed by atoms with Gasteiger partial charge in [-0.05, 0) is 18.2 Å². The molecule has 1 aromatic carbocycles. The van der Waals surface area contributed by atoms with Crippen molar-refractivity contribution in [2.24, 2.45) is 5.73 Å². The van der Waals surface area contributed by atoms with Gasteiger partial charge in [0.15, 0.2) is 0 Å². The van der Waals surface area contributed by atoms with Crippen LogP contribution in [0.4, 0.5) is 5.69 Å². The number of benzene rings is 1. The summed E-state index contributed by atoms with van der Waals surface area (Å²) < 4.78 is 1.09. The van der Waals surface area contributed by atoms with Crippen LogP contribution < -0.4 is 11.1 Å².